The molecule has 2 atom stereocenters. The molecule has 0 aromatic heterocycles. The van der Waals surface area contributed by atoms with E-state index in [0.717, 1.165) is 5.57 Å². The van der Waals surface area contributed by atoms with Gasteiger partial charge in [-0.25, -0.2) is 0 Å². The Morgan fingerprint density at radius 3 is 2.79 bits per heavy atom. The normalized spacial score (nSPS) is 30.8. The van der Waals surface area contributed by atoms with Gasteiger partial charge in [0.05, 0.1) is 11.7 Å². The van der Waals surface area contributed by atoms with Crippen LogP contribution in [0.3, 0.4) is 0 Å². The van der Waals surface area contributed by atoms with Crippen LogP contribution in [0.5, 0.6) is 0 Å². The van der Waals surface area contributed by atoms with Crippen LogP contribution in [0.25, 0.3) is 0 Å². The van der Waals surface area contributed by atoms with E-state index < -0.39 is 18.1 Å². The van der Waals surface area contributed by atoms with Crippen molar-refractivity contribution in [2.75, 3.05) is 6.54 Å². The predicted molar refractivity (Wildman–Crippen MR) is 64.7 cm³/mol. The maximum Gasteiger partial charge on any atom is 0.253 e. The van der Waals surface area contributed by atoms with E-state index in [1.54, 1.807) is 0 Å². The fourth-order valence-corrected chi connectivity index (χ4v) is 2.82. The lowest BCUT2D eigenvalue weighted by molar-refractivity contribution is -0.143. The van der Waals surface area contributed by atoms with Crippen molar-refractivity contribution < 1.29 is 19.5 Å². The van der Waals surface area contributed by atoms with Crippen molar-refractivity contribution in [2.45, 2.75) is 31.4 Å². The van der Waals surface area contributed by atoms with Gasteiger partial charge in [-0.3, -0.25) is 19.7 Å². The smallest absolute Gasteiger partial charge is 0.253 e. The molecule has 3 amide bonds. The number of hydrogen-bond donors (Lipinski definition) is 2. The van der Waals surface area contributed by atoms with Crippen LogP contribution >= 0.6 is 0 Å². The lowest BCUT2D eigenvalue weighted by atomic mass is 9.97. The Hall–Kier alpha value is -1.95. The second-order valence-electron chi connectivity index (χ2n) is 4.99. The van der Waals surface area contributed by atoms with Crippen LogP contribution < -0.4 is 5.32 Å². The average Bonchev–Trinajstić information content (AvgIpc) is 2.68. The maximum absolute atomic E-state index is 12.3. The van der Waals surface area contributed by atoms with Crippen LogP contribution in [-0.2, 0) is 14.4 Å². The molecule has 6 nitrogen and oxygen atoms in total. The third-order valence-electron chi connectivity index (χ3n) is 3.78. The van der Waals surface area contributed by atoms with Crippen molar-refractivity contribution in [1.82, 2.24) is 10.2 Å². The van der Waals surface area contributed by atoms with Crippen molar-refractivity contribution in [2.24, 2.45) is 0 Å². The third-order valence-corrected chi connectivity index (χ3v) is 3.78. The first-order valence-corrected chi connectivity index (χ1v) is 6.30. The fourth-order valence-electron chi connectivity index (χ4n) is 2.82. The lowest BCUT2D eigenvalue weighted by Crippen LogP contribution is -2.53. The van der Waals surface area contributed by atoms with Gasteiger partial charge in [0.15, 0.2) is 0 Å². The van der Waals surface area contributed by atoms with E-state index in [1.807, 2.05) is 12.2 Å². The first-order chi connectivity index (χ1) is 9.08. The molecule has 0 radical (unpaired) electrons. The summed E-state index contributed by atoms with van der Waals surface area (Å²) in [7, 11) is 0. The zero-order chi connectivity index (χ0) is 13.6. The van der Waals surface area contributed by atoms with E-state index in [4.69, 9.17) is 0 Å². The highest BCUT2D eigenvalue weighted by Crippen LogP contribution is 2.31. The molecule has 0 spiro atoms. The van der Waals surface area contributed by atoms with Crippen molar-refractivity contribution >= 4 is 17.7 Å². The molecule has 2 N–H and O–H groups in total. The largest absolute Gasteiger partial charge is 0.388 e. The predicted octanol–water partition coefficient (Wildman–Crippen LogP) is -0.749. The van der Waals surface area contributed by atoms with E-state index in [-0.39, 0.29) is 18.2 Å². The van der Waals surface area contributed by atoms with Gasteiger partial charge >= 0.3 is 0 Å². The van der Waals surface area contributed by atoms with Gasteiger partial charge in [0, 0.05) is 13.0 Å². The number of carbonyl (C=O) groups is 3. The Morgan fingerprint density at radius 1 is 1.32 bits per heavy atom. The minimum atomic E-state index is -0.786. The lowest BCUT2D eigenvalue weighted by Gasteiger charge is -2.30. The van der Waals surface area contributed by atoms with Crippen LogP contribution in [-0.4, -0.2) is 46.4 Å². The number of amides is 3. The summed E-state index contributed by atoms with van der Waals surface area (Å²) in [6.45, 7) is 0.327. The summed E-state index contributed by atoms with van der Waals surface area (Å²) in [5.74, 6) is -1.02. The zero-order valence-electron chi connectivity index (χ0n) is 10.3. The Morgan fingerprint density at radius 2 is 2.11 bits per heavy atom. The van der Waals surface area contributed by atoms with E-state index >= 15 is 0 Å². The minimum absolute atomic E-state index is 0.239. The number of carbonyl (C=O) groups excluding carboxylic acids is 3. The second kappa shape index (κ2) is 4.31. The standard InChI is InChI=1S/C13H14N2O4/c16-9-3-1-2-7-6-15(13(19)11(7)9)8-4-5-10(17)14-12(8)18/h1-2,8-9,16H,3-6H2,(H,14,17,18). The van der Waals surface area contributed by atoms with Crippen molar-refractivity contribution in [3.63, 3.8) is 0 Å². The maximum atomic E-state index is 12.3. The highest BCUT2D eigenvalue weighted by Gasteiger charge is 2.42. The third kappa shape index (κ3) is 1.88. The Kier molecular flexibility index (Phi) is 2.74. The molecule has 2 heterocycles. The zero-order valence-corrected chi connectivity index (χ0v) is 10.3. The van der Waals surface area contributed by atoms with Gasteiger partial charge in [-0.15, -0.1) is 0 Å². The van der Waals surface area contributed by atoms with Crippen molar-refractivity contribution in [3.8, 4) is 0 Å². The fraction of sp³-hybridized carbons (Fsp3) is 0.462. The molecule has 1 fully saturated rings. The van der Waals surface area contributed by atoms with Gasteiger partial charge < -0.3 is 10.0 Å². The van der Waals surface area contributed by atoms with Gasteiger partial charge in [-0.05, 0) is 18.4 Å². The molecule has 1 aliphatic carbocycles. The molecule has 19 heavy (non-hydrogen) atoms. The number of nitrogens with zero attached hydrogens (tertiary/aromatic N) is 1. The summed E-state index contributed by atoms with van der Waals surface area (Å²) in [6, 6.07) is -0.614. The van der Waals surface area contributed by atoms with E-state index in [2.05, 4.69) is 5.32 Å². The highest BCUT2D eigenvalue weighted by atomic mass is 16.3. The van der Waals surface area contributed by atoms with Crippen LogP contribution in [0.2, 0.25) is 0 Å². The molecule has 2 aliphatic heterocycles. The Balaban J connectivity index is 1.82. The van der Waals surface area contributed by atoms with Gasteiger partial charge in [0.1, 0.15) is 6.04 Å². The molecule has 0 aromatic rings. The quantitative estimate of drug-likeness (QED) is 0.609. The molecule has 0 saturated carbocycles. The number of hydrogen-bond acceptors (Lipinski definition) is 4. The van der Waals surface area contributed by atoms with Crippen LogP contribution in [0, 0.1) is 0 Å². The molecule has 3 rings (SSSR count). The molecular formula is C13H14N2O4. The second-order valence-corrected chi connectivity index (χ2v) is 4.99. The Bertz CT molecular complexity index is 535. The van der Waals surface area contributed by atoms with Crippen LogP contribution in [0.1, 0.15) is 19.3 Å². The summed E-state index contributed by atoms with van der Waals surface area (Å²) in [5.41, 5.74) is 1.17. The molecular weight excluding hydrogens is 248 g/mol. The summed E-state index contributed by atoms with van der Waals surface area (Å²) in [5, 5.41) is 12.1. The van der Waals surface area contributed by atoms with Gasteiger partial charge in [-0.2, -0.15) is 0 Å². The van der Waals surface area contributed by atoms with E-state index in [9.17, 15) is 19.5 Å². The molecule has 100 valence electrons. The van der Waals surface area contributed by atoms with Crippen LogP contribution in [0.4, 0.5) is 0 Å². The molecule has 2 unspecified atom stereocenters. The van der Waals surface area contributed by atoms with E-state index in [1.165, 1.54) is 4.90 Å². The van der Waals surface area contributed by atoms with Gasteiger partial charge in [0.25, 0.3) is 5.91 Å². The summed E-state index contributed by atoms with van der Waals surface area (Å²) >= 11 is 0. The highest BCUT2D eigenvalue weighted by molar-refractivity contribution is 6.05. The molecule has 1 saturated heterocycles. The number of imide groups is 1. The van der Waals surface area contributed by atoms with E-state index in [0.29, 0.717) is 25.0 Å². The number of rotatable bonds is 1. The van der Waals surface area contributed by atoms with Gasteiger partial charge in [0.2, 0.25) is 11.8 Å². The summed E-state index contributed by atoms with van der Waals surface area (Å²) in [4.78, 5) is 36.7. The number of nitrogens with one attached hydrogen (secondary N) is 1. The molecule has 0 bridgehead atoms. The monoisotopic (exact) mass is 262 g/mol. The van der Waals surface area contributed by atoms with Crippen molar-refractivity contribution in [3.05, 3.63) is 23.3 Å². The number of aliphatic hydroxyl groups excluding tert-OH is 1. The minimum Gasteiger partial charge on any atom is -0.388 e. The Labute approximate surface area is 109 Å². The first-order valence-electron chi connectivity index (χ1n) is 6.30. The molecule has 3 aliphatic rings. The average molecular weight is 262 g/mol. The van der Waals surface area contributed by atoms with Crippen LogP contribution in [0.15, 0.2) is 23.3 Å². The molecule has 0 aromatic carbocycles. The SMILES string of the molecule is O=C1CCC(N2CC3=C(C2=O)C(O)CC=C3)C(=O)N1. The first kappa shape index (κ1) is 12.1. The topological polar surface area (TPSA) is 86.7 Å². The molecule has 6 heteroatoms. The van der Waals surface area contributed by atoms with Crippen molar-refractivity contribution in [1.29, 1.82) is 0 Å². The van der Waals surface area contributed by atoms with Gasteiger partial charge in [-0.1, -0.05) is 12.2 Å². The number of aliphatic hydroxyl groups is 1. The number of piperidine rings is 1. The summed E-state index contributed by atoms with van der Waals surface area (Å²) in [6.07, 6.45) is 3.87. The summed E-state index contributed by atoms with van der Waals surface area (Å²) < 4.78 is 0.